The molecule has 0 fully saturated rings. The number of rotatable bonds is 2. The molecule has 2 rings (SSSR count). The van der Waals surface area contributed by atoms with Crippen LogP contribution in [0, 0.1) is 25.5 Å². The Kier molecular flexibility index (Phi) is 4.29. The Bertz CT molecular complexity index is 650. The molecule has 0 aliphatic carbocycles. The number of nitrogens with one attached hydrogen (secondary N) is 2. The minimum absolute atomic E-state index is 0.285. The van der Waals surface area contributed by atoms with E-state index in [0.717, 1.165) is 5.56 Å². The third kappa shape index (κ3) is 3.30. The largest absolute Gasteiger partial charge is 0.332 e. The van der Waals surface area contributed by atoms with E-state index in [4.69, 9.17) is 12.2 Å². The summed E-state index contributed by atoms with van der Waals surface area (Å²) in [5.41, 5.74) is 2.51. The van der Waals surface area contributed by atoms with Crippen LogP contribution in [0.3, 0.4) is 0 Å². The standard InChI is InChI=1S/C15H14F2N2S/c1-9-6-7-11(16)8-14(9)19-15(20)18-13-5-3-4-12(17)10(13)2/h3-8H,1-2H3,(H2,18,19,20). The summed E-state index contributed by atoms with van der Waals surface area (Å²) in [6.07, 6.45) is 0. The molecule has 5 heteroatoms. The second-order valence-electron chi connectivity index (χ2n) is 4.45. The van der Waals surface area contributed by atoms with Crippen molar-refractivity contribution in [3.8, 4) is 0 Å². The third-order valence-electron chi connectivity index (χ3n) is 2.96. The summed E-state index contributed by atoms with van der Waals surface area (Å²) in [5.74, 6) is -0.650. The van der Waals surface area contributed by atoms with Crippen LogP contribution in [0.5, 0.6) is 0 Å². The first-order valence-corrected chi connectivity index (χ1v) is 6.47. The van der Waals surface area contributed by atoms with Gasteiger partial charge in [-0.15, -0.1) is 0 Å². The lowest BCUT2D eigenvalue weighted by Gasteiger charge is -2.14. The van der Waals surface area contributed by atoms with E-state index in [1.165, 1.54) is 18.2 Å². The molecule has 0 amide bonds. The van der Waals surface area contributed by atoms with Gasteiger partial charge in [0, 0.05) is 16.9 Å². The number of hydrogen-bond acceptors (Lipinski definition) is 1. The van der Waals surface area contributed by atoms with Crippen LogP contribution in [0.15, 0.2) is 36.4 Å². The molecule has 0 saturated heterocycles. The zero-order valence-electron chi connectivity index (χ0n) is 11.1. The Labute approximate surface area is 121 Å². The highest BCUT2D eigenvalue weighted by molar-refractivity contribution is 7.80. The predicted octanol–water partition coefficient (Wildman–Crippen LogP) is 4.39. The average molecular weight is 292 g/mol. The summed E-state index contributed by atoms with van der Waals surface area (Å²) in [4.78, 5) is 0. The molecule has 0 aliphatic rings. The molecule has 0 atom stereocenters. The summed E-state index contributed by atoms with van der Waals surface area (Å²) in [6, 6.07) is 9.11. The monoisotopic (exact) mass is 292 g/mol. The van der Waals surface area contributed by atoms with Crippen molar-refractivity contribution in [3.05, 3.63) is 59.2 Å². The molecule has 0 bridgehead atoms. The fourth-order valence-electron chi connectivity index (χ4n) is 1.75. The summed E-state index contributed by atoms with van der Waals surface area (Å²) in [5, 5.41) is 6.09. The smallest absolute Gasteiger partial charge is 0.175 e. The first-order chi connectivity index (χ1) is 9.47. The molecule has 0 unspecified atom stereocenters. The SMILES string of the molecule is Cc1ccc(F)cc1NC(=S)Nc1cccc(F)c1C. The van der Waals surface area contributed by atoms with Gasteiger partial charge in [0.15, 0.2) is 5.11 Å². The fraction of sp³-hybridized carbons (Fsp3) is 0.133. The zero-order chi connectivity index (χ0) is 14.7. The Morgan fingerprint density at radius 3 is 2.45 bits per heavy atom. The molecule has 0 spiro atoms. The topological polar surface area (TPSA) is 24.1 Å². The molecule has 2 aromatic carbocycles. The van der Waals surface area contributed by atoms with Gasteiger partial charge in [0.05, 0.1) is 0 Å². The van der Waals surface area contributed by atoms with E-state index in [2.05, 4.69) is 10.6 Å². The molecule has 20 heavy (non-hydrogen) atoms. The maximum absolute atomic E-state index is 13.4. The number of halogens is 2. The lowest BCUT2D eigenvalue weighted by molar-refractivity contribution is 0.619. The summed E-state index contributed by atoms with van der Waals surface area (Å²) in [6.45, 7) is 3.51. The molecular weight excluding hydrogens is 278 g/mol. The van der Waals surface area contributed by atoms with E-state index < -0.39 is 0 Å². The van der Waals surface area contributed by atoms with Gasteiger partial charge in [0.25, 0.3) is 0 Å². The normalized spacial score (nSPS) is 10.2. The highest BCUT2D eigenvalue weighted by Crippen LogP contribution is 2.19. The predicted molar refractivity (Wildman–Crippen MR) is 82.1 cm³/mol. The first kappa shape index (κ1) is 14.4. The fourth-order valence-corrected chi connectivity index (χ4v) is 1.97. The maximum atomic E-state index is 13.4. The molecule has 104 valence electrons. The Morgan fingerprint density at radius 1 is 1.00 bits per heavy atom. The summed E-state index contributed by atoms with van der Waals surface area (Å²) >= 11 is 5.16. The van der Waals surface area contributed by atoms with Crippen molar-refractivity contribution >= 4 is 28.7 Å². The summed E-state index contributed by atoms with van der Waals surface area (Å²) < 4.78 is 26.6. The molecular formula is C15H14F2N2S. The number of benzene rings is 2. The second-order valence-corrected chi connectivity index (χ2v) is 4.86. The second kappa shape index (κ2) is 5.96. The van der Waals surface area contributed by atoms with Crippen molar-refractivity contribution in [1.29, 1.82) is 0 Å². The van der Waals surface area contributed by atoms with Crippen molar-refractivity contribution < 1.29 is 8.78 Å². The highest BCUT2D eigenvalue weighted by Gasteiger charge is 2.07. The van der Waals surface area contributed by atoms with Crippen LogP contribution in [0.25, 0.3) is 0 Å². The molecule has 2 N–H and O–H groups in total. The van der Waals surface area contributed by atoms with Crippen LogP contribution < -0.4 is 10.6 Å². The molecule has 0 radical (unpaired) electrons. The van der Waals surface area contributed by atoms with Gasteiger partial charge in [-0.3, -0.25) is 0 Å². The van der Waals surface area contributed by atoms with Gasteiger partial charge in [0.2, 0.25) is 0 Å². The van der Waals surface area contributed by atoms with Gasteiger partial charge in [-0.05, 0) is 55.9 Å². The van der Waals surface area contributed by atoms with Crippen molar-refractivity contribution in [3.63, 3.8) is 0 Å². The van der Waals surface area contributed by atoms with Crippen LogP contribution in [0.1, 0.15) is 11.1 Å². The molecule has 2 aromatic rings. The van der Waals surface area contributed by atoms with Gasteiger partial charge >= 0.3 is 0 Å². The lowest BCUT2D eigenvalue weighted by atomic mass is 10.2. The zero-order valence-corrected chi connectivity index (χ0v) is 11.9. The Morgan fingerprint density at radius 2 is 1.70 bits per heavy atom. The average Bonchev–Trinajstić information content (AvgIpc) is 2.39. The van der Waals surface area contributed by atoms with Crippen LogP contribution >= 0.6 is 12.2 Å². The number of aryl methyl sites for hydroxylation is 1. The molecule has 0 saturated carbocycles. The van der Waals surface area contributed by atoms with Crippen LogP contribution in [-0.2, 0) is 0 Å². The van der Waals surface area contributed by atoms with Gasteiger partial charge in [-0.1, -0.05) is 12.1 Å². The number of hydrogen-bond donors (Lipinski definition) is 2. The van der Waals surface area contributed by atoms with Crippen LogP contribution in [0.2, 0.25) is 0 Å². The minimum atomic E-state index is -0.345. The van der Waals surface area contributed by atoms with E-state index in [-0.39, 0.29) is 16.7 Å². The minimum Gasteiger partial charge on any atom is -0.332 e. The van der Waals surface area contributed by atoms with E-state index in [0.29, 0.717) is 16.9 Å². The lowest BCUT2D eigenvalue weighted by Crippen LogP contribution is -2.20. The van der Waals surface area contributed by atoms with Gasteiger partial charge in [0.1, 0.15) is 11.6 Å². The van der Waals surface area contributed by atoms with E-state index in [9.17, 15) is 8.78 Å². The van der Waals surface area contributed by atoms with Crippen molar-refractivity contribution in [1.82, 2.24) is 0 Å². The Balaban J connectivity index is 2.13. The van der Waals surface area contributed by atoms with Crippen molar-refractivity contribution in [2.75, 3.05) is 10.6 Å². The van der Waals surface area contributed by atoms with E-state index in [1.54, 1.807) is 25.1 Å². The van der Waals surface area contributed by atoms with Crippen molar-refractivity contribution in [2.45, 2.75) is 13.8 Å². The quantitative estimate of drug-likeness (QED) is 0.803. The van der Waals surface area contributed by atoms with Crippen molar-refractivity contribution in [2.24, 2.45) is 0 Å². The maximum Gasteiger partial charge on any atom is 0.175 e. The molecule has 0 aliphatic heterocycles. The Hall–Kier alpha value is -2.01. The van der Waals surface area contributed by atoms with Gasteiger partial charge in [-0.2, -0.15) is 0 Å². The number of anilines is 2. The van der Waals surface area contributed by atoms with Gasteiger partial charge < -0.3 is 10.6 Å². The third-order valence-corrected chi connectivity index (χ3v) is 3.17. The molecule has 0 heterocycles. The van der Waals surface area contributed by atoms with E-state index >= 15 is 0 Å². The highest BCUT2D eigenvalue weighted by atomic mass is 32.1. The van der Waals surface area contributed by atoms with Crippen LogP contribution in [0.4, 0.5) is 20.2 Å². The number of thiocarbonyl (C=S) groups is 1. The first-order valence-electron chi connectivity index (χ1n) is 6.06. The molecule has 2 nitrogen and oxygen atoms in total. The molecule has 0 aromatic heterocycles. The summed E-state index contributed by atoms with van der Waals surface area (Å²) in [7, 11) is 0. The van der Waals surface area contributed by atoms with Gasteiger partial charge in [-0.25, -0.2) is 8.78 Å². The van der Waals surface area contributed by atoms with E-state index in [1.807, 2.05) is 6.92 Å². The van der Waals surface area contributed by atoms with Crippen LogP contribution in [-0.4, -0.2) is 5.11 Å².